The van der Waals surface area contributed by atoms with Crippen LogP contribution >= 0.6 is 0 Å². The fourth-order valence-electron chi connectivity index (χ4n) is 2.15. The van der Waals surface area contributed by atoms with Crippen LogP contribution in [-0.4, -0.2) is 16.6 Å². The van der Waals surface area contributed by atoms with Gasteiger partial charge in [-0.05, 0) is 25.0 Å². The van der Waals surface area contributed by atoms with Gasteiger partial charge in [0, 0.05) is 29.9 Å². The van der Waals surface area contributed by atoms with Crippen molar-refractivity contribution in [1.82, 2.24) is 0 Å². The van der Waals surface area contributed by atoms with Crippen LogP contribution in [0.1, 0.15) is 24.2 Å². The summed E-state index contributed by atoms with van der Waals surface area (Å²) < 4.78 is 0. The number of aliphatic hydroxyl groups is 1. The van der Waals surface area contributed by atoms with Gasteiger partial charge in [-0.1, -0.05) is 30.3 Å². The van der Waals surface area contributed by atoms with Gasteiger partial charge in [-0.3, -0.25) is 10.1 Å². The minimum absolute atomic E-state index is 0.103. The molecule has 2 aromatic carbocycles. The number of hydrogen-bond donors (Lipinski definition) is 2. The highest BCUT2D eigenvalue weighted by molar-refractivity contribution is 5.52. The van der Waals surface area contributed by atoms with Crippen molar-refractivity contribution < 1.29 is 10.0 Å². The van der Waals surface area contributed by atoms with Gasteiger partial charge in [0.15, 0.2) is 0 Å². The van der Waals surface area contributed by atoms with Gasteiger partial charge in [0.05, 0.1) is 11.0 Å². The summed E-state index contributed by atoms with van der Waals surface area (Å²) in [7, 11) is 0. The molecule has 0 aliphatic heterocycles. The number of benzene rings is 2. The van der Waals surface area contributed by atoms with Gasteiger partial charge in [-0.25, -0.2) is 0 Å². The third kappa shape index (κ3) is 4.03. The van der Waals surface area contributed by atoms with Crippen molar-refractivity contribution in [1.29, 1.82) is 0 Å². The first-order valence-electron chi connectivity index (χ1n) is 6.82. The van der Waals surface area contributed by atoms with E-state index >= 15 is 0 Å². The maximum absolute atomic E-state index is 10.6. The number of hydrogen-bond acceptors (Lipinski definition) is 4. The minimum atomic E-state index is -0.520. The number of nitrogens with one attached hydrogen (secondary N) is 1. The normalized spacial score (nSPS) is 11.9. The maximum Gasteiger partial charge on any atom is 0.269 e. The van der Waals surface area contributed by atoms with E-state index in [1.165, 1.54) is 12.1 Å². The molecule has 2 N–H and O–H groups in total. The number of aliphatic hydroxyl groups excluding tert-OH is 1. The fraction of sp³-hybridized carbons (Fsp3) is 0.250. The van der Waals surface area contributed by atoms with Crippen molar-refractivity contribution in [3.05, 3.63) is 69.8 Å². The molecule has 0 aromatic heterocycles. The van der Waals surface area contributed by atoms with Gasteiger partial charge in [0.2, 0.25) is 0 Å². The second-order valence-electron chi connectivity index (χ2n) is 4.86. The molecule has 5 nitrogen and oxygen atoms in total. The number of nitro benzene ring substituents is 1. The maximum atomic E-state index is 10.6. The summed E-state index contributed by atoms with van der Waals surface area (Å²) in [5.74, 6) is 0. The van der Waals surface area contributed by atoms with Crippen molar-refractivity contribution in [3.63, 3.8) is 0 Å². The van der Waals surface area contributed by atoms with Crippen molar-refractivity contribution in [2.75, 3.05) is 11.9 Å². The van der Waals surface area contributed by atoms with Gasteiger partial charge < -0.3 is 10.4 Å². The topological polar surface area (TPSA) is 75.4 Å². The second-order valence-corrected chi connectivity index (χ2v) is 4.86. The summed E-state index contributed by atoms with van der Waals surface area (Å²) in [5.41, 5.74) is 2.91. The summed E-state index contributed by atoms with van der Waals surface area (Å²) >= 11 is 0. The minimum Gasteiger partial charge on any atom is -0.389 e. The van der Waals surface area contributed by atoms with Crippen LogP contribution in [-0.2, 0) is 6.42 Å². The number of rotatable bonds is 6. The number of nitrogens with zero attached hydrogens (tertiary/aromatic N) is 1. The Bertz CT molecular complexity index is 609. The second kappa shape index (κ2) is 6.85. The molecule has 1 atom stereocenters. The van der Waals surface area contributed by atoms with E-state index < -0.39 is 11.0 Å². The summed E-state index contributed by atoms with van der Waals surface area (Å²) in [6.07, 6.45) is 0.236. The average Bonchev–Trinajstić information content (AvgIpc) is 2.48. The van der Waals surface area contributed by atoms with Crippen LogP contribution in [0.15, 0.2) is 48.5 Å². The highest BCUT2D eigenvalue weighted by atomic mass is 16.6. The molecular weight excluding hydrogens is 268 g/mol. The lowest BCUT2D eigenvalue weighted by Crippen LogP contribution is -2.08. The van der Waals surface area contributed by atoms with E-state index in [4.69, 9.17) is 0 Å². The highest BCUT2D eigenvalue weighted by Gasteiger charge is 2.07. The third-order valence-corrected chi connectivity index (χ3v) is 3.29. The van der Waals surface area contributed by atoms with Crippen LogP contribution in [0.5, 0.6) is 0 Å². The number of non-ortho nitro benzene ring substituents is 1. The third-order valence-electron chi connectivity index (χ3n) is 3.29. The zero-order valence-electron chi connectivity index (χ0n) is 11.8. The largest absolute Gasteiger partial charge is 0.389 e. The van der Waals surface area contributed by atoms with Gasteiger partial charge in [0.25, 0.3) is 5.69 Å². The molecule has 0 aliphatic rings. The molecule has 0 saturated heterocycles. The van der Waals surface area contributed by atoms with Crippen molar-refractivity contribution >= 4 is 11.4 Å². The molecule has 2 rings (SSSR count). The number of para-hydroxylation sites is 1. The molecule has 110 valence electrons. The van der Waals surface area contributed by atoms with Gasteiger partial charge >= 0.3 is 0 Å². The van der Waals surface area contributed by atoms with Crippen molar-refractivity contribution in [3.8, 4) is 0 Å². The van der Waals surface area contributed by atoms with Crippen LogP contribution in [0.2, 0.25) is 0 Å². The molecule has 0 saturated carbocycles. The molecule has 0 aliphatic carbocycles. The summed E-state index contributed by atoms with van der Waals surface area (Å²) in [4.78, 5) is 10.2. The van der Waals surface area contributed by atoms with Crippen LogP contribution in [0.25, 0.3) is 0 Å². The molecular formula is C16H18N2O3. The first-order valence-corrected chi connectivity index (χ1v) is 6.82. The Morgan fingerprint density at radius 1 is 1.19 bits per heavy atom. The predicted octanol–water partition coefficient (Wildman–Crippen LogP) is 3.30. The molecule has 0 radical (unpaired) electrons. The Morgan fingerprint density at radius 3 is 2.48 bits per heavy atom. The first kappa shape index (κ1) is 15.0. The Morgan fingerprint density at radius 2 is 1.86 bits per heavy atom. The Hall–Kier alpha value is -2.40. The lowest BCUT2D eigenvalue weighted by molar-refractivity contribution is -0.384. The number of nitro groups is 1. The Balaban J connectivity index is 1.94. The summed E-state index contributed by atoms with van der Waals surface area (Å²) in [6.45, 7) is 2.43. The Labute approximate surface area is 123 Å². The van der Waals surface area contributed by atoms with E-state index in [2.05, 4.69) is 5.32 Å². The summed E-state index contributed by atoms with van der Waals surface area (Å²) in [5, 5.41) is 23.6. The van der Waals surface area contributed by atoms with E-state index in [1.807, 2.05) is 24.3 Å². The molecule has 2 aromatic rings. The van der Waals surface area contributed by atoms with E-state index in [-0.39, 0.29) is 5.69 Å². The van der Waals surface area contributed by atoms with E-state index in [0.717, 1.165) is 23.2 Å². The zero-order chi connectivity index (χ0) is 15.2. The quantitative estimate of drug-likeness (QED) is 0.631. The predicted molar refractivity (Wildman–Crippen MR) is 82.4 cm³/mol. The fourth-order valence-corrected chi connectivity index (χ4v) is 2.15. The van der Waals surface area contributed by atoms with Crippen LogP contribution in [0.4, 0.5) is 11.4 Å². The highest BCUT2D eigenvalue weighted by Crippen LogP contribution is 2.22. The monoisotopic (exact) mass is 286 g/mol. The molecule has 0 amide bonds. The first-order chi connectivity index (χ1) is 10.1. The van der Waals surface area contributed by atoms with Crippen molar-refractivity contribution in [2.45, 2.75) is 19.4 Å². The van der Waals surface area contributed by atoms with E-state index in [9.17, 15) is 15.2 Å². The molecule has 21 heavy (non-hydrogen) atoms. The van der Waals surface area contributed by atoms with E-state index in [0.29, 0.717) is 6.54 Å². The van der Waals surface area contributed by atoms with E-state index in [1.54, 1.807) is 19.1 Å². The standard InChI is InChI=1S/C16H18N2O3/c1-12(19)15-4-2-3-5-16(15)17-11-10-13-6-8-14(9-7-13)18(20)21/h2-9,12,17,19H,10-11H2,1H3/t12-/m1/s1. The van der Waals surface area contributed by atoms with Gasteiger partial charge in [-0.2, -0.15) is 0 Å². The molecule has 0 heterocycles. The SMILES string of the molecule is C[C@@H](O)c1ccccc1NCCc1ccc([N+](=O)[O-])cc1. The van der Waals surface area contributed by atoms with Crippen LogP contribution < -0.4 is 5.32 Å². The Kier molecular flexibility index (Phi) is 4.90. The molecule has 0 spiro atoms. The van der Waals surface area contributed by atoms with Crippen molar-refractivity contribution in [2.24, 2.45) is 0 Å². The summed E-state index contributed by atoms with van der Waals surface area (Å²) in [6, 6.07) is 14.2. The number of anilines is 1. The molecule has 0 unspecified atom stereocenters. The van der Waals surface area contributed by atoms with Gasteiger partial charge in [-0.15, -0.1) is 0 Å². The van der Waals surface area contributed by atoms with Gasteiger partial charge in [0.1, 0.15) is 0 Å². The van der Waals surface area contributed by atoms with Crippen LogP contribution in [0.3, 0.4) is 0 Å². The molecule has 5 heteroatoms. The van der Waals surface area contributed by atoms with Crippen LogP contribution in [0, 0.1) is 10.1 Å². The average molecular weight is 286 g/mol. The smallest absolute Gasteiger partial charge is 0.269 e. The lowest BCUT2D eigenvalue weighted by Gasteiger charge is -2.13. The molecule has 0 fully saturated rings. The zero-order valence-corrected chi connectivity index (χ0v) is 11.8. The molecule has 0 bridgehead atoms. The lowest BCUT2D eigenvalue weighted by atomic mass is 10.1.